The van der Waals surface area contributed by atoms with Gasteiger partial charge in [-0.25, -0.2) is 4.39 Å². The molecular formula is C16H26FN3. The van der Waals surface area contributed by atoms with Gasteiger partial charge in [0.1, 0.15) is 5.82 Å². The van der Waals surface area contributed by atoms with Gasteiger partial charge in [0.2, 0.25) is 0 Å². The van der Waals surface area contributed by atoms with E-state index in [2.05, 4.69) is 16.8 Å². The monoisotopic (exact) mass is 279 g/mol. The van der Waals surface area contributed by atoms with Gasteiger partial charge in [-0.3, -0.25) is 4.90 Å². The molecule has 0 amide bonds. The summed E-state index contributed by atoms with van der Waals surface area (Å²) in [6.45, 7) is 6.42. The Morgan fingerprint density at radius 1 is 1.35 bits per heavy atom. The second-order valence-electron chi connectivity index (χ2n) is 5.89. The highest BCUT2D eigenvalue weighted by Crippen LogP contribution is 2.23. The number of halogens is 1. The number of likely N-dealkylation sites (tertiary alicyclic amines) is 1. The van der Waals surface area contributed by atoms with E-state index in [0.717, 1.165) is 18.7 Å². The minimum Gasteiger partial charge on any atom is -0.326 e. The Morgan fingerprint density at radius 3 is 2.65 bits per heavy atom. The molecule has 1 saturated heterocycles. The molecule has 1 aromatic carbocycles. The van der Waals surface area contributed by atoms with E-state index < -0.39 is 0 Å². The summed E-state index contributed by atoms with van der Waals surface area (Å²) in [7, 11) is 2.08. The summed E-state index contributed by atoms with van der Waals surface area (Å²) in [5.74, 6) is -0.193. The minimum absolute atomic E-state index is 0.0274. The molecule has 1 fully saturated rings. The summed E-state index contributed by atoms with van der Waals surface area (Å²) >= 11 is 0. The highest BCUT2D eigenvalue weighted by atomic mass is 19.1. The average molecular weight is 279 g/mol. The summed E-state index contributed by atoms with van der Waals surface area (Å²) in [6, 6.07) is 6.83. The number of likely N-dealkylation sites (N-methyl/N-ethyl adjacent to an activating group) is 1. The van der Waals surface area contributed by atoms with Crippen molar-refractivity contribution >= 4 is 0 Å². The van der Waals surface area contributed by atoms with Crippen LogP contribution in [0.4, 0.5) is 4.39 Å². The van der Waals surface area contributed by atoms with Crippen LogP contribution >= 0.6 is 0 Å². The lowest BCUT2D eigenvalue weighted by Gasteiger charge is -2.32. The van der Waals surface area contributed by atoms with E-state index in [4.69, 9.17) is 5.73 Å². The van der Waals surface area contributed by atoms with Crippen molar-refractivity contribution in [2.45, 2.75) is 31.8 Å². The average Bonchev–Trinajstić information content (AvgIpc) is 2.89. The fourth-order valence-electron chi connectivity index (χ4n) is 3.09. The Bertz CT molecular complexity index is 416. The molecule has 20 heavy (non-hydrogen) atoms. The van der Waals surface area contributed by atoms with Crippen molar-refractivity contribution < 1.29 is 4.39 Å². The van der Waals surface area contributed by atoms with Gasteiger partial charge in [0.15, 0.2) is 0 Å². The zero-order valence-electron chi connectivity index (χ0n) is 12.6. The quantitative estimate of drug-likeness (QED) is 0.867. The van der Waals surface area contributed by atoms with Gasteiger partial charge >= 0.3 is 0 Å². The molecule has 0 spiro atoms. The third kappa shape index (κ3) is 4.01. The van der Waals surface area contributed by atoms with E-state index in [1.807, 2.05) is 13.0 Å². The Morgan fingerprint density at radius 2 is 2.05 bits per heavy atom. The molecule has 0 saturated carbocycles. The Balaban J connectivity index is 1.99. The number of rotatable bonds is 6. The van der Waals surface area contributed by atoms with Gasteiger partial charge in [-0.1, -0.05) is 12.1 Å². The van der Waals surface area contributed by atoms with Crippen LogP contribution in [0.1, 0.15) is 31.4 Å². The Labute approximate surface area is 121 Å². The normalized spacial score (nSPS) is 19.4. The van der Waals surface area contributed by atoms with E-state index in [-0.39, 0.29) is 17.9 Å². The SMILES string of the molecule is CC(N)C(c1cccc(F)c1)N(C)CCN1CCCC1. The first-order chi connectivity index (χ1) is 9.58. The summed E-state index contributed by atoms with van der Waals surface area (Å²) < 4.78 is 13.4. The van der Waals surface area contributed by atoms with Crippen molar-refractivity contribution in [1.29, 1.82) is 0 Å². The lowest BCUT2D eigenvalue weighted by Crippen LogP contribution is -2.40. The number of hydrogen-bond donors (Lipinski definition) is 1. The van der Waals surface area contributed by atoms with Crippen molar-refractivity contribution in [1.82, 2.24) is 9.80 Å². The Kier molecular flexibility index (Phi) is 5.52. The van der Waals surface area contributed by atoms with Crippen LogP contribution in [0.2, 0.25) is 0 Å². The molecule has 1 aliphatic heterocycles. The van der Waals surface area contributed by atoms with Crippen LogP contribution in [0, 0.1) is 5.82 Å². The standard InChI is InChI=1S/C16H26FN3/c1-13(18)16(14-6-5-7-15(17)12-14)19(2)10-11-20-8-3-4-9-20/h5-7,12-13,16H,3-4,8-11,18H2,1-2H3. The topological polar surface area (TPSA) is 32.5 Å². The molecule has 3 nitrogen and oxygen atoms in total. The Hall–Kier alpha value is -0.970. The maximum Gasteiger partial charge on any atom is 0.123 e. The summed E-state index contributed by atoms with van der Waals surface area (Å²) in [6.07, 6.45) is 2.62. The zero-order chi connectivity index (χ0) is 14.5. The summed E-state index contributed by atoms with van der Waals surface area (Å²) in [5.41, 5.74) is 7.09. The van der Waals surface area contributed by atoms with Crippen molar-refractivity contribution in [2.75, 3.05) is 33.2 Å². The molecule has 4 heteroatoms. The molecule has 0 aromatic heterocycles. The predicted octanol–water partition coefficient (Wildman–Crippen LogP) is 2.24. The molecule has 0 bridgehead atoms. The molecule has 1 aliphatic rings. The van der Waals surface area contributed by atoms with E-state index in [9.17, 15) is 4.39 Å². The van der Waals surface area contributed by atoms with Crippen molar-refractivity contribution in [3.63, 3.8) is 0 Å². The van der Waals surface area contributed by atoms with Crippen LogP contribution in [0.3, 0.4) is 0 Å². The number of hydrogen-bond acceptors (Lipinski definition) is 3. The summed E-state index contributed by atoms with van der Waals surface area (Å²) in [5, 5.41) is 0. The van der Waals surface area contributed by atoms with Crippen LogP contribution in [0.25, 0.3) is 0 Å². The first kappa shape index (κ1) is 15.4. The molecule has 112 valence electrons. The molecule has 1 heterocycles. The molecule has 2 atom stereocenters. The number of nitrogens with two attached hydrogens (primary N) is 1. The third-order valence-corrected chi connectivity index (χ3v) is 4.13. The van der Waals surface area contributed by atoms with Crippen molar-refractivity contribution in [2.24, 2.45) is 5.73 Å². The van der Waals surface area contributed by atoms with Crippen LogP contribution in [0.15, 0.2) is 24.3 Å². The van der Waals surface area contributed by atoms with E-state index in [1.54, 1.807) is 12.1 Å². The molecule has 0 radical (unpaired) electrons. The lowest BCUT2D eigenvalue weighted by molar-refractivity contribution is 0.188. The van der Waals surface area contributed by atoms with Gasteiger partial charge in [0.05, 0.1) is 0 Å². The predicted molar refractivity (Wildman–Crippen MR) is 81.1 cm³/mol. The van der Waals surface area contributed by atoms with E-state index >= 15 is 0 Å². The molecule has 2 N–H and O–H groups in total. The molecule has 2 unspecified atom stereocenters. The van der Waals surface area contributed by atoms with Gasteiger partial charge in [-0.05, 0) is 57.6 Å². The van der Waals surface area contributed by atoms with E-state index in [1.165, 1.54) is 32.0 Å². The largest absolute Gasteiger partial charge is 0.326 e. The molecule has 0 aliphatic carbocycles. The highest BCUT2D eigenvalue weighted by molar-refractivity contribution is 5.21. The molecule has 1 aromatic rings. The minimum atomic E-state index is -0.193. The zero-order valence-corrected chi connectivity index (χ0v) is 12.6. The van der Waals surface area contributed by atoms with E-state index in [0.29, 0.717) is 0 Å². The van der Waals surface area contributed by atoms with Crippen molar-refractivity contribution in [3.8, 4) is 0 Å². The van der Waals surface area contributed by atoms with Gasteiger partial charge in [0, 0.05) is 25.2 Å². The highest BCUT2D eigenvalue weighted by Gasteiger charge is 2.22. The maximum absolute atomic E-state index is 13.4. The third-order valence-electron chi connectivity index (χ3n) is 4.13. The summed E-state index contributed by atoms with van der Waals surface area (Å²) in [4.78, 5) is 4.73. The molecule has 2 rings (SSSR count). The van der Waals surface area contributed by atoms with Gasteiger partial charge in [-0.2, -0.15) is 0 Å². The smallest absolute Gasteiger partial charge is 0.123 e. The molecular weight excluding hydrogens is 253 g/mol. The fraction of sp³-hybridized carbons (Fsp3) is 0.625. The van der Waals surface area contributed by atoms with Gasteiger partial charge in [0.25, 0.3) is 0 Å². The van der Waals surface area contributed by atoms with Crippen LogP contribution in [0.5, 0.6) is 0 Å². The maximum atomic E-state index is 13.4. The van der Waals surface area contributed by atoms with Gasteiger partial charge < -0.3 is 10.6 Å². The van der Waals surface area contributed by atoms with Crippen molar-refractivity contribution in [3.05, 3.63) is 35.6 Å². The second kappa shape index (κ2) is 7.16. The first-order valence-electron chi connectivity index (χ1n) is 7.51. The number of benzene rings is 1. The van der Waals surface area contributed by atoms with Crippen LogP contribution < -0.4 is 5.73 Å². The van der Waals surface area contributed by atoms with Crippen LogP contribution in [-0.2, 0) is 0 Å². The second-order valence-corrected chi connectivity index (χ2v) is 5.89. The van der Waals surface area contributed by atoms with Gasteiger partial charge in [-0.15, -0.1) is 0 Å². The van der Waals surface area contributed by atoms with Crippen LogP contribution in [-0.4, -0.2) is 49.1 Å². The fourth-order valence-corrected chi connectivity index (χ4v) is 3.09. The first-order valence-corrected chi connectivity index (χ1v) is 7.51. The lowest BCUT2D eigenvalue weighted by atomic mass is 9.99. The number of nitrogens with zero attached hydrogens (tertiary/aromatic N) is 2.